The Bertz CT molecular complexity index is 461. The molecule has 2 heteroatoms. The van der Waals surface area contributed by atoms with Crippen LogP contribution in [0.15, 0.2) is 0 Å². The van der Waals surface area contributed by atoms with Gasteiger partial charge in [-0.1, -0.05) is 111 Å². The molecule has 0 aromatic carbocycles. The number of aliphatic hydroxyl groups is 1. The fraction of sp³-hybridized carbons (Fsp3) is 0.960. The zero-order valence-electron chi connectivity index (χ0n) is 21.6. The molecule has 164 valence electrons. The van der Waals surface area contributed by atoms with Crippen molar-refractivity contribution in [1.29, 1.82) is 0 Å². The predicted octanol–water partition coefficient (Wildman–Crippen LogP) is 7.39. The summed E-state index contributed by atoms with van der Waals surface area (Å²) in [6, 6.07) is 0. The summed E-state index contributed by atoms with van der Waals surface area (Å²) >= 11 is 0. The van der Waals surface area contributed by atoms with Crippen LogP contribution in [-0.4, -0.2) is 16.5 Å². The summed E-state index contributed by atoms with van der Waals surface area (Å²) < 4.78 is 0. The maximum Gasteiger partial charge on any atom is 0.141 e. The Balaban J connectivity index is 0. The summed E-state index contributed by atoms with van der Waals surface area (Å²) in [7, 11) is 0. The molecule has 0 spiro atoms. The first-order valence-corrected chi connectivity index (χ1v) is 10.7. The van der Waals surface area contributed by atoms with Crippen LogP contribution in [0.5, 0.6) is 0 Å². The number of rotatable bonds is 3. The van der Waals surface area contributed by atoms with Crippen LogP contribution in [0, 0.1) is 39.4 Å². The first-order valence-electron chi connectivity index (χ1n) is 10.7. The van der Waals surface area contributed by atoms with E-state index in [-0.39, 0.29) is 39.4 Å². The highest BCUT2D eigenvalue weighted by molar-refractivity contribution is 5.86. The van der Waals surface area contributed by atoms with Crippen LogP contribution >= 0.6 is 0 Å². The lowest BCUT2D eigenvalue weighted by molar-refractivity contribution is -0.159. The van der Waals surface area contributed by atoms with Gasteiger partial charge in [-0.15, -0.1) is 0 Å². The molecule has 27 heavy (non-hydrogen) atoms. The number of hydrogen-bond acceptors (Lipinski definition) is 2. The minimum atomic E-state index is -0.620. The van der Waals surface area contributed by atoms with E-state index in [4.69, 9.17) is 0 Å². The van der Waals surface area contributed by atoms with E-state index in [2.05, 4.69) is 83.1 Å². The van der Waals surface area contributed by atoms with Crippen LogP contribution < -0.4 is 0 Å². The largest absolute Gasteiger partial charge is 0.389 e. The van der Waals surface area contributed by atoms with Gasteiger partial charge in [-0.2, -0.15) is 0 Å². The Morgan fingerprint density at radius 2 is 1.00 bits per heavy atom. The van der Waals surface area contributed by atoms with Crippen LogP contribution in [0.4, 0.5) is 0 Å². The van der Waals surface area contributed by atoms with Crippen LogP contribution in [0.1, 0.15) is 111 Å². The molecule has 3 atom stereocenters. The Hall–Kier alpha value is -0.370. The van der Waals surface area contributed by atoms with Crippen LogP contribution in [0.2, 0.25) is 0 Å². The number of ketones is 1. The third kappa shape index (κ3) is 7.87. The number of Topliss-reactive ketones (excluding diaryl/α,β-unsaturated/α-hetero) is 1. The van der Waals surface area contributed by atoms with Gasteiger partial charge in [-0.3, -0.25) is 4.79 Å². The summed E-state index contributed by atoms with van der Waals surface area (Å²) in [5.74, 6) is 1.03. The van der Waals surface area contributed by atoms with Gasteiger partial charge in [0.05, 0.1) is 5.60 Å². The zero-order chi connectivity index (χ0) is 22.8. The van der Waals surface area contributed by atoms with Gasteiger partial charge in [0.1, 0.15) is 5.78 Å². The number of carbonyl (C=O) groups is 1. The van der Waals surface area contributed by atoms with Crippen molar-refractivity contribution < 1.29 is 9.90 Å². The molecule has 0 amide bonds. The van der Waals surface area contributed by atoms with Crippen LogP contribution in [-0.2, 0) is 4.79 Å². The highest BCUT2D eigenvalue weighted by atomic mass is 16.3. The molecule has 0 bridgehead atoms. The summed E-state index contributed by atoms with van der Waals surface area (Å²) in [4.78, 5) is 11.8. The van der Waals surface area contributed by atoms with Crippen LogP contribution in [0.3, 0.4) is 0 Å². The van der Waals surface area contributed by atoms with E-state index in [1.807, 2.05) is 27.7 Å². The third-order valence-electron chi connectivity index (χ3n) is 6.47. The molecular weight excluding hydrogens is 332 g/mol. The average Bonchev–Trinajstić information content (AvgIpc) is 2.40. The van der Waals surface area contributed by atoms with Gasteiger partial charge in [-0.05, 0) is 28.1 Å². The van der Waals surface area contributed by atoms with Gasteiger partial charge in [0.15, 0.2) is 0 Å². The fourth-order valence-electron chi connectivity index (χ4n) is 3.72. The maximum absolute atomic E-state index is 11.8. The normalized spacial score (nSPS) is 18.3. The van der Waals surface area contributed by atoms with Gasteiger partial charge in [0.25, 0.3) is 0 Å². The molecule has 0 aliphatic rings. The predicted molar refractivity (Wildman–Crippen MR) is 121 cm³/mol. The lowest BCUT2D eigenvalue weighted by Gasteiger charge is -2.52. The van der Waals surface area contributed by atoms with Crippen molar-refractivity contribution in [2.24, 2.45) is 39.4 Å². The quantitative estimate of drug-likeness (QED) is 0.551. The summed E-state index contributed by atoms with van der Waals surface area (Å²) in [5, 5.41) is 11.0. The Kier molecular flexibility index (Phi) is 9.58. The van der Waals surface area contributed by atoms with E-state index in [1.165, 1.54) is 0 Å². The second kappa shape index (κ2) is 8.97. The molecule has 0 saturated heterocycles. The Morgan fingerprint density at radius 1 is 0.667 bits per heavy atom. The minimum absolute atomic E-state index is 0.0877. The first kappa shape index (κ1) is 28.8. The lowest BCUT2D eigenvalue weighted by atomic mass is 9.58. The summed E-state index contributed by atoms with van der Waals surface area (Å²) in [6.45, 7) is 33.7. The molecule has 2 nitrogen and oxygen atoms in total. The molecule has 0 rings (SSSR count). The van der Waals surface area contributed by atoms with E-state index in [9.17, 15) is 9.90 Å². The zero-order valence-corrected chi connectivity index (χ0v) is 21.6. The van der Waals surface area contributed by atoms with E-state index < -0.39 is 5.60 Å². The fourth-order valence-corrected chi connectivity index (χ4v) is 3.72. The standard InChI is InChI=1S/C14H30O.C11H22O/c1-10(2)14(15,13(7,8)9)11(3)12(4,5)6;1-8(10(2,3)4)9(12)11(5,6)7/h10-11,15H,1-9H3;8H,1-7H3. The molecule has 0 aromatic rings. The summed E-state index contributed by atoms with van der Waals surface area (Å²) in [6.07, 6.45) is 0. The molecule has 0 aliphatic carbocycles. The van der Waals surface area contributed by atoms with Crippen molar-refractivity contribution in [3.8, 4) is 0 Å². The highest BCUT2D eigenvalue weighted by Crippen LogP contribution is 2.48. The molecule has 1 N–H and O–H groups in total. The van der Waals surface area contributed by atoms with E-state index >= 15 is 0 Å². The summed E-state index contributed by atoms with van der Waals surface area (Å²) in [5.41, 5.74) is -0.692. The van der Waals surface area contributed by atoms with Crippen molar-refractivity contribution in [2.75, 3.05) is 0 Å². The van der Waals surface area contributed by atoms with Gasteiger partial charge < -0.3 is 5.11 Å². The van der Waals surface area contributed by atoms with E-state index in [1.54, 1.807) is 0 Å². The monoisotopic (exact) mass is 384 g/mol. The second-order valence-electron chi connectivity index (χ2n) is 13.0. The van der Waals surface area contributed by atoms with Crippen molar-refractivity contribution in [1.82, 2.24) is 0 Å². The van der Waals surface area contributed by atoms with E-state index in [0.717, 1.165) is 0 Å². The molecular formula is C25H52O2. The average molecular weight is 385 g/mol. The van der Waals surface area contributed by atoms with Gasteiger partial charge >= 0.3 is 0 Å². The molecule has 0 aliphatic heterocycles. The van der Waals surface area contributed by atoms with Gasteiger partial charge in [0.2, 0.25) is 0 Å². The van der Waals surface area contributed by atoms with Crippen LogP contribution in [0.25, 0.3) is 0 Å². The second-order valence-corrected chi connectivity index (χ2v) is 13.0. The maximum atomic E-state index is 11.8. The van der Waals surface area contributed by atoms with E-state index in [0.29, 0.717) is 5.78 Å². The topological polar surface area (TPSA) is 37.3 Å². The molecule has 0 fully saturated rings. The van der Waals surface area contributed by atoms with Gasteiger partial charge in [-0.25, -0.2) is 0 Å². The Labute approximate surface area is 171 Å². The molecule has 0 saturated carbocycles. The molecule has 0 radical (unpaired) electrons. The Morgan fingerprint density at radius 3 is 1.07 bits per heavy atom. The molecule has 0 aromatic heterocycles. The molecule has 0 heterocycles. The first-order chi connectivity index (χ1) is 11.4. The smallest absolute Gasteiger partial charge is 0.141 e. The van der Waals surface area contributed by atoms with Crippen molar-refractivity contribution >= 4 is 5.78 Å². The highest BCUT2D eigenvalue weighted by Gasteiger charge is 2.50. The van der Waals surface area contributed by atoms with Crippen molar-refractivity contribution in [3.05, 3.63) is 0 Å². The molecule has 3 unspecified atom stereocenters. The minimum Gasteiger partial charge on any atom is -0.389 e. The SMILES string of the molecule is CC(C(=O)C(C)(C)C)C(C)(C)C.CC(C)C(O)(C(C)C(C)(C)C)C(C)(C)C. The van der Waals surface area contributed by atoms with Crippen molar-refractivity contribution in [2.45, 2.75) is 116 Å². The lowest BCUT2D eigenvalue weighted by Crippen LogP contribution is -2.56. The van der Waals surface area contributed by atoms with Crippen molar-refractivity contribution in [3.63, 3.8) is 0 Å². The number of carbonyl (C=O) groups excluding carboxylic acids is 1. The third-order valence-corrected chi connectivity index (χ3v) is 6.47. The number of hydrogen-bond donors (Lipinski definition) is 1. The van der Waals surface area contributed by atoms with Gasteiger partial charge in [0, 0.05) is 11.3 Å².